The maximum Gasteiger partial charge on any atom is 0.338 e. The van der Waals surface area contributed by atoms with Crippen LogP contribution in [0.1, 0.15) is 110 Å². The Morgan fingerprint density at radius 3 is 1.97 bits per heavy atom. The second-order valence-corrected chi connectivity index (χ2v) is 9.98. The van der Waals surface area contributed by atoms with E-state index >= 15 is 0 Å². The van der Waals surface area contributed by atoms with Crippen molar-refractivity contribution in [3.63, 3.8) is 0 Å². The van der Waals surface area contributed by atoms with Gasteiger partial charge in [-0.1, -0.05) is 69.5 Å². The molecular weight excluding hydrogens is 424 g/mol. The van der Waals surface area contributed by atoms with Crippen LogP contribution >= 0.6 is 0 Å². The first-order chi connectivity index (χ1) is 16.7. The van der Waals surface area contributed by atoms with Gasteiger partial charge in [0.1, 0.15) is 0 Å². The van der Waals surface area contributed by atoms with Crippen molar-refractivity contribution in [1.29, 1.82) is 0 Å². The van der Waals surface area contributed by atoms with Crippen LogP contribution in [0.25, 0.3) is 0 Å². The summed E-state index contributed by atoms with van der Waals surface area (Å²) in [6, 6.07) is 16.5. The molecule has 0 bridgehead atoms. The zero-order valence-corrected chi connectivity index (χ0v) is 20.8. The van der Waals surface area contributed by atoms with Crippen molar-refractivity contribution in [3.05, 3.63) is 70.8 Å². The minimum Gasteiger partial charge on any atom is -0.462 e. The number of carbonyl (C=O) groups is 1. The fourth-order valence-corrected chi connectivity index (χ4v) is 5.29. The predicted octanol–water partition coefficient (Wildman–Crippen LogP) is 7.55. The van der Waals surface area contributed by atoms with Crippen molar-refractivity contribution in [2.75, 3.05) is 19.8 Å². The summed E-state index contributed by atoms with van der Waals surface area (Å²) in [6.45, 7) is 6.11. The van der Waals surface area contributed by atoms with E-state index in [-0.39, 0.29) is 18.2 Å². The van der Waals surface area contributed by atoms with Crippen molar-refractivity contribution < 1.29 is 19.0 Å². The summed E-state index contributed by atoms with van der Waals surface area (Å²) < 4.78 is 17.4. The van der Waals surface area contributed by atoms with Gasteiger partial charge >= 0.3 is 5.97 Å². The van der Waals surface area contributed by atoms with E-state index in [2.05, 4.69) is 38.1 Å². The average molecular weight is 465 g/mol. The molecule has 2 aromatic rings. The minimum atomic E-state index is -0.390. The molecule has 1 heterocycles. The molecule has 4 rings (SSSR count). The predicted molar refractivity (Wildman–Crippen MR) is 135 cm³/mol. The summed E-state index contributed by atoms with van der Waals surface area (Å²) in [6.07, 6.45) is 9.64. The second-order valence-electron chi connectivity index (χ2n) is 9.98. The second kappa shape index (κ2) is 12.5. The Kier molecular flexibility index (Phi) is 9.18. The fraction of sp³-hybridized carbons (Fsp3) is 0.567. The third-order valence-corrected chi connectivity index (χ3v) is 7.47. The lowest BCUT2D eigenvalue weighted by molar-refractivity contribution is -0.191. The molecule has 0 amide bonds. The number of benzene rings is 2. The molecule has 1 saturated carbocycles. The molecule has 0 N–H and O–H groups in total. The minimum absolute atomic E-state index is 0.249. The Morgan fingerprint density at radius 2 is 1.38 bits per heavy atom. The number of hydrogen-bond acceptors (Lipinski definition) is 4. The van der Waals surface area contributed by atoms with Gasteiger partial charge in [0.2, 0.25) is 0 Å². The lowest BCUT2D eigenvalue weighted by atomic mass is 9.77. The van der Waals surface area contributed by atoms with Crippen molar-refractivity contribution >= 4 is 5.97 Å². The van der Waals surface area contributed by atoms with E-state index < -0.39 is 0 Å². The van der Waals surface area contributed by atoms with E-state index in [1.165, 1.54) is 49.7 Å². The average Bonchev–Trinajstić information content (AvgIpc) is 2.90. The highest BCUT2D eigenvalue weighted by Gasteiger charge is 2.26. The van der Waals surface area contributed by atoms with Crippen LogP contribution < -0.4 is 0 Å². The highest BCUT2D eigenvalue weighted by molar-refractivity contribution is 5.89. The zero-order chi connectivity index (χ0) is 23.8. The van der Waals surface area contributed by atoms with E-state index in [4.69, 9.17) is 14.2 Å². The van der Waals surface area contributed by atoms with Crippen LogP contribution in [-0.2, 0) is 14.2 Å². The highest BCUT2D eigenvalue weighted by atomic mass is 16.7. The van der Waals surface area contributed by atoms with Gasteiger partial charge in [-0.3, -0.25) is 0 Å². The molecule has 0 spiro atoms. The summed E-state index contributed by atoms with van der Waals surface area (Å²) in [5.74, 6) is 1.64. The first-order valence-corrected chi connectivity index (χ1v) is 13.3. The van der Waals surface area contributed by atoms with E-state index in [9.17, 15) is 4.79 Å². The van der Waals surface area contributed by atoms with Gasteiger partial charge in [-0.25, -0.2) is 4.79 Å². The molecule has 0 unspecified atom stereocenters. The van der Waals surface area contributed by atoms with Gasteiger partial charge in [0, 0.05) is 11.5 Å². The molecule has 1 aliphatic heterocycles. The smallest absolute Gasteiger partial charge is 0.338 e. The van der Waals surface area contributed by atoms with Crippen LogP contribution in [0, 0.1) is 5.92 Å². The summed E-state index contributed by atoms with van der Waals surface area (Å²) >= 11 is 0. The molecule has 2 aromatic carbocycles. The summed E-state index contributed by atoms with van der Waals surface area (Å²) in [5.41, 5.74) is 4.26. The Labute approximate surface area is 205 Å². The summed E-state index contributed by atoms with van der Waals surface area (Å²) in [4.78, 5) is 12.1. The SMILES string of the molecule is CCCCOC(=O)c1ccc(C2OCC(c3ccc(C4CCC(CCC)CC4)cc3)CO2)cc1. The summed E-state index contributed by atoms with van der Waals surface area (Å²) in [7, 11) is 0. The Bertz CT molecular complexity index is 873. The number of rotatable bonds is 9. The maximum absolute atomic E-state index is 12.1. The molecule has 0 radical (unpaired) electrons. The first kappa shape index (κ1) is 24.9. The molecule has 4 heteroatoms. The standard InChI is InChI=1S/C30H40O4/c1-3-5-19-32-29(31)26-15-17-27(18-16-26)30-33-20-28(21-34-30)25-13-11-24(12-14-25)23-9-7-22(6-4-2)8-10-23/h11-18,22-23,28,30H,3-10,19-21H2,1-2H3. The Balaban J connectivity index is 1.25. The van der Waals surface area contributed by atoms with Crippen LogP contribution in [0.3, 0.4) is 0 Å². The lowest BCUT2D eigenvalue weighted by Crippen LogP contribution is -2.25. The fourth-order valence-electron chi connectivity index (χ4n) is 5.29. The van der Waals surface area contributed by atoms with Gasteiger partial charge in [-0.05, 0) is 67.2 Å². The quantitative estimate of drug-likeness (QED) is 0.284. The number of ether oxygens (including phenoxy) is 3. The van der Waals surface area contributed by atoms with Crippen molar-refractivity contribution in [2.45, 2.75) is 83.3 Å². The van der Waals surface area contributed by atoms with Gasteiger partial charge in [0.25, 0.3) is 0 Å². The van der Waals surface area contributed by atoms with Gasteiger partial charge in [0.05, 0.1) is 25.4 Å². The first-order valence-electron chi connectivity index (χ1n) is 13.3. The Hall–Kier alpha value is -2.17. The van der Waals surface area contributed by atoms with Gasteiger partial charge < -0.3 is 14.2 Å². The van der Waals surface area contributed by atoms with E-state index in [0.29, 0.717) is 25.4 Å². The topological polar surface area (TPSA) is 44.8 Å². The van der Waals surface area contributed by atoms with Gasteiger partial charge in [0.15, 0.2) is 6.29 Å². The van der Waals surface area contributed by atoms with Gasteiger partial charge in [-0.15, -0.1) is 0 Å². The molecule has 2 fully saturated rings. The van der Waals surface area contributed by atoms with Crippen molar-refractivity contribution in [2.24, 2.45) is 5.92 Å². The van der Waals surface area contributed by atoms with Crippen molar-refractivity contribution in [3.8, 4) is 0 Å². The molecule has 184 valence electrons. The summed E-state index contributed by atoms with van der Waals surface area (Å²) in [5, 5.41) is 0. The molecule has 0 atom stereocenters. The van der Waals surface area contributed by atoms with Crippen LogP contribution in [0.5, 0.6) is 0 Å². The number of unbranched alkanes of at least 4 members (excludes halogenated alkanes) is 1. The van der Waals surface area contributed by atoms with Crippen LogP contribution in [-0.4, -0.2) is 25.8 Å². The monoisotopic (exact) mass is 464 g/mol. The normalized spacial score (nSPS) is 25.1. The Morgan fingerprint density at radius 1 is 0.794 bits per heavy atom. The van der Waals surface area contributed by atoms with Crippen LogP contribution in [0.15, 0.2) is 48.5 Å². The molecule has 4 nitrogen and oxygen atoms in total. The lowest BCUT2D eigenvalue weighted by Gasteiger charge is -2.31. The third-order valence-electron chi connectivity index (χ3n) is 7.47. The van der Waals surface area contributed by atoms with Crippen LogP contribution in [0.2, 0.25) is 0 Å². The molecular formula is C30H40O4. The van der Waals surface area contributed by atoms with Crippen molar-refractivity contribution in [1.82, 2.24) is 0 Å². The third kappa shape index (κ3) is 6.49. The highest BCUT2D eigenvalue weighted by Crippen LogP contribution is 2.38. The molecule has 2 aliphatic rings. The number of hydrogen-bond donors (Lipinski definition) is 0. The molecule has 0 aromatic heterocycles. The van der Waals surface area contributed by atoms with E-state index in [1.54, 1.807) is 12.1 Å². The molecule has 1 aliphatic carbocycles. The van der Waals surface area contributed by atoms with E-state index in [0.717, 1.165) is 30.2 Å². The largest absolute Gasteiger partial charge is 0.462 e. The maximum atomic E-state index is 12.1. The zero-order valence-electron chi connectivity index (χ0n) is 20.8. The number of carbonyl (C=O) groups excluding carboxylic acids is 1. The van der Waals surface area contributed by atoms with Gasteiger partial charge in [-0.2, -0.15) is 0 Å². The van der Waals surface area contributed by atoms with Crippen LogP contribution in [0.4, 0.5) is 0 Å². The molecule has 1 saturated heterocycles. The van der Waals surface area contributed by atoms with E-state index in [1.807, 2.05) is 12.1 Å². The number of esters is 1. The molecule has 34 heavy (non-hydrogen) atoms.